The number of aromatic nitrogens is 2. The summed E-state index contributed by atoms with van der Waals surface area (Å²) in [5.41, 5.74) is 7.67. The van der Waals surface area contributed by atoms with E-state index in [9.17, 15) is 4.79 Å². The van der Waals surface area contributed by atoms with Gasteiger partial charge in [0.15, 0.2) is 0 Å². The number of carbonyl (C=O) groups excluding carboxylic acids is 1. The van der Waals surface area contributed by atoms with Crippen LogP contribution in [0.25, 0.3) is 6.08 Å². The van der Waals surface area contributed by atoms with Crippen molar-refractivity contribution in [2.75, 3.05) is 12.4 Å². The Morgan fingerprint density at radius 1 is 0.973 bits per heavy atom. The third kappa shape index (κ3) is 6.47. The molecule has 6 heteroatoms. The van der Waals surface area contributed by atoms with Gasteiger partial charge in [-0.15, -0.1) is 0 Å². The molecule has 3 aromatic carbocycles. The van der Waals surface area contributed by atoms with Crippen LogP contribution in [0.3, 0.4) is 0 Å². The van der Waals surface area contributed by atoms with Crippen molar-refractivity contribution >= 4 is 17.7 Å². The maximum absolute atomic E-state index is 12.8. The molecule has 0 bridgehead atoms. The van der Waals surface area contributed by atoms with Gasteiger partial charge in [0, 0.05) is 11.6 Å². The van der Waals surface area contributed by atoms with E-state index >= 15 is 0 Å². The molecule has 0 aliphatic rings. The van der Waals surface area contributed by atoms with Crippen LogP contribution in [-0.2, 0) is 17.9 Å². The van der Waals surface area contributed by atoms with Crippen LogP contribution in [0.2, 0.25) is 0 Å². The monoisotopic (exact) mass is 495 g/mol. The SMILES string of the molecule is COc1ccc(/C=C/C(=O)Nc2c(C)nn(Cc3cccc(C)c3)c2C)cc1COc1ccccc1C. The highest BCUT2D eigenvalue weighted by Gasteiger charge is 2.14. The molecule has 0 saturated heterocycles. The Hall–Kier alpha value is -4.32. The molecule has 1 heterocycles. The second-order valence-corrected chi connectivity index (χ2v) is 9.14. The molecule has 6 nitrogen and oxygen atoms in total. The summed E-state index contributed by atoms with van der Waals surface area (Å²) < 4.78 is 13.4. The molecular formula is C31H33N3O3. The number of aryl methyl sites for hydroxylation is 3. The molecular weight excluding hydrogens is 462 g/mol. The van der Waals surface area contributed by atoms with Gasteiger partial charge >= 0.3 is 0 Å². The third-order valence-corrected chi connectivity index (χ3v) is 6.25. The number of hydrogen-bond donors (Lipinski definition) is 1. The number of anilines is 1. The van der Waals surface area contributed by atoms with Gasteiger partial charge in [0.1, 0.15) is 18.1 Å². The molecule has 0 radical (unpaired) electrons. The van der Waals surface area contributed by atoms with E-state index in [0.29, 0.717) is 13.2 Å². The van der Waals surface area contributed by atoms with Crippen molar-refractivity contribution in [2.24, 2.45) is 0 Å². The maximum atomic E-state index is 12.8. The summed E-state index contributed by atoms with van der Waals surface area (Å²) in [6.45, 7) is 8.98. The Bertz CT molecular complexity index is 1440. The number of para-hydroxylation sites is 1. The highest BCUT2D eigenvalue weighted by molar-refractivity contribution is 6.02. The number of hydrogen-bond acceptors (Lipinski definition) is 4. The van der Waals surface area contributed by atoms with Crippen molar-refractivity contribution in [3.05, 3.63) is 112 Å². The van der Waals surface area contributed by atoms with E-state index < -0.39 is 0 Å². The van der Waals surface area contributed by atoms with Gasteiger partial charge in [-0.25, -0.2) is 0 Å². The van der Waals surface area contributed by atoms with Crippen molar-refractivity contribution in [3.8, 4) is 11.5 Å². The van der Waals surface area contributed by atoms with Gasteiger partial charge in [-0.05, 0) is 68.7 Å². The van der Waals surface area contributed by atoms with Crippen molar-refractivity contribution in [1.29, 1.82) is 0 Å². The van der Waals surface area contributed by atoms with Crippen LogP contribution >= 0.6 is 0 Å². The van der Waals surface area contributed by atoms with Gasteiger partial charge in [-0.3, -0.25) is 9.48 Å². The highest BCUT2D eigenvalue weighted by atomic mass is 16.5. The number of rotatable bonds is 9. The van der Waals surface area contributed by atoms with E-state index in [4.69, 9.17) is 9.47 Å². The fraction of sp³-hybridized carbons (Fsp3) is 0.226. The topological polar surface area (TPSA) is 65.4 Å². The summed E-state index contributed by atoms with van der Waals surface area (Å²) in [6, 6.07) is 22.0. The van der Waals surface area contributed by atoms with Crippen LogP contribution in [0.15, 0.2) is 72.8 Å². The molecule has 1 N–H and O–H groups in total. The number of nitrogens with one attached hydrogen (secondary N) is 1. The summed E-state index contributed by atoms with van der Waals surface area (Å²) in [4.78, 5) is 12.8. The Kier molecular flexibility index (Phi) is 8.08. The minimum absolute atomic E-state index is 0.213. The Morgan fingerprint density at radius 2 is 1.78 bits per heavy atom. The van der Waals surface area contributed by atoms with Gasteiger partial charge in [-0.1, -0.05) is 54.1 Å². The minimum atomic E-state index is -0.213. The fourth-order valence-corrected chi connectivity index (χ4v) is 4.24. The predicted molar refractivity (Wildman–Crippen MR) is 148 cm³/mol. The van der Waals surface area contributed by atoms with Crippen LogP contribution in [0.1, 0.15) is 39.2 Å². The summed E-state index contributed by atoms with van der Waals surface area (Å²) in [5, 5.41) is 7.64. The van der Waals surface area contributed by atoms with Crippen molar-refractivity contribution in [3.63, 3.8) is 0 Å². The first-order chi connectivity index (χ1) is 17.8. The van der Waals surface area contributed by atoms with Gasteiger partial charge in [0.25, 0.3) is 0 Å². The van der Waals surface area contributed by atoms with Crippen LogP contribution in [0.5, 0.6) is 11.5 Å². The Balaban J connectivity index is 1.44. The van der Waals surface area contributed by atoms with Crippen molar-refractivity contribution in [2.45, 2.75) is 40.8 Å². The lowest BCUT2D eigenvalue weighted by molar-refractivity contribution is -0.111. The van der Waals surface area contributed by atoms with E-state index in [1.807, 2.05) is 74.0 Å². The Morgan fingerprint density at radius 3 is 2.54 bits per heavy atom. The summed E-state index contributed by atoms with van der Waals surface area (Å²) in [7, 11) is 1.64. The first-order valence-electron chi connectivity index (χ1n) is 12.3. The third-order valence-electron chi connectivity index (χ3n) is 6.25. The molecule has 37 heavy (non-hydrogen) atoms. The number of methoxy groups -OCH3 is 1. The van der Waals surface area contributed by atoms with Crippen molar-refractivity contribution in [1.82, 2.24) is 9.78 Å². The molecule has 0 aliphatic carbocycles. The van der Waals surface area contributed by atoms with Crippen LogP contribution < -0.4 is 14.8 Å². The average molecular weight is 496 g/mol. The quantitative estimate of drug-likeness (QED) is 0.273. The van der Waals surface area contributed by atoms with Gasteiger partial charge in [0.2, 0.25) is 5.91 Å². The van der Waals surface area contributed by atoms with Gasteiger partial charge in [-0.2, -0.15) is 5.10 Å². The lowest BCUT2D eigenvalue weighted by Gasteiger charge is -2.12. The predicted octanol–water partition coefficient (Wildman–Crippen LogP) is 6.40. The Labute approximate surface area is 218 Å². The summed E-state index contributed by atoms with van der Waals surface area (Å²) in [6.07, 6.45) is 3.32. The zero-order valence-electron chi connectivity index (χ0n) is 22.0. The van der Waals surface area contributed by atoms with Gasteiger partial charge < -0.3 is 14.8 Å². The molecule has 190 valence electrons. The lowest BCUT2D eigenvalue weighted by Crippen LogP contribution is -2.10. The average Bonchev–Trinajstić information content (AvgIpc) is 3.14. The van der Waals surface area contributed by atoms with Crippen molar-refractivity contribution < 1.29 is 14.3 Å². The maximum Gasteiger partial charge on any atom is 0.248 e. The van der Waals surface area contributed by atoms with Crippen LogP contribution in [0, 0.1) is 27.7 Å². The van der Waals surface area contributed by atoms with E-state index in [1.165, 1.54) is 17.2 Å². The normalized spacial score (nSPS) is 11.1. The number of ether oxygens (including phenoxy) is 2. The first kappa shape index (κ1) is 25.8. The van der Waals surface area contributed by atoms with E-state index in [-0.39, 0.29) is 5.91 Å². The number of benzene rings is 3. The second kappa shape index (κ2) is 11.6. The van der Waals surface area contributed by atoms with Gasteiger partial charge in [0.05, 0.1) is 30.7 Å². The highest BCUT2D eigenvalue weighted by Crippen LogP contribution is 2.25. The van der Waals surface area contributed by atoms with Crippen LogP contribution in [0.4, 0.5) is 5.69 Å². The first-order valence-corrected chi connectivity index (χ1v) is 12.3. The zero-order chi connectivity index (χ0) is 26.4. The number of nitrogens with zero attached hydrogens (tertiary/aromatic N) is 2. The van der Waals surface area contributed by atoms with E-state index in [2.05, 4.69) is 35.5 Å². The summed E-state index contributed by atoms with van der Waals surface area (Å²) >= 11 is 0. The minimum Gasteiger partial charge on any atom is -0.496 e. The largest absolute Gasteiger partial charge is 0.496 e. The molecule has 0 fully saturated rings. The standard InChI is InChI=1S/C31H33N3O3/c1-21-9-8-11-26(17-21)19-34-24(4)31(23(3)33-34)32-30(35)16-14-25-13-15-29(36-5)27(18-25)20-37-28-12-7-6-10-22(28)2/h6-18H,19-20H2,1-5H3,(H,32,35)/b16-14+. The van der Waals surface area contributed by atoms with E-state index in [1.54, 1.807) is 13.2 Å². The zero-order valence-corrected chi connectivity index (χ0v) is 22.0. The second-order valence-electron chi connectivity index (χ2n) is 9.14. The molecule has 1 amide bonds. The molecule has 4 aromatic rings. The molecule has 4 rings (SSSR count). The molecule has 0 aliphatic heterocycles. The molecule has 1 aromatic heterocycles. The fourth-order valence-electron chi connectivity index (χ4n) is 4.24. The lowest BCUT2D eigenvalue weighted by atomic mass is 10.1. The summed E-state index contributed by atoms with van der Waals surface area (Å²) in [5.74, 6) is 1.36. The molecule has 0 spiro atoms. The van der Waals surface area contributed by atoms with Crippen LogP contribution in [-0.4, -0.2) is 22.8 Å². The number of carbonyl (C=O) groups is 1. The van der Waals surface area contributed by atoms with E-state index in [0.717, 1.165) is 45.3 Å². The molecule has 0 saturated carbocycles. The molecule has 0 unspecified atom stereocenters. The molecule has 0 atom stereocenters. The number of amides is 1. The smallest absolute Gasteiger partial charge is 0.248 e.